The number of pyridine rings is 1. The number of aliphatic hydroxyl groups is 1. The van der Waals surface area contributed by atoms with Gasteiger partial charge in [0, 0.05) is 5.69 Å². The number of hydrogen-bond acceptors (Lipinski definition) is 7. The lowest BCUT2D eigenvalue weighted by Gasteiger charge is -2.20. The Labute approximate surface area is 200 Å². The average molecular weight is 487 g/mol. The molecule has 2 aromatic carbocycles. The third-order valence-electron chi connectivity index (χ3n) is 4.96. The number of sulfonamides is 1. The van der Waals surface area contributed by atoms with E-state index in [-0.39, 0.29) is 40.8 Å². The van der Waals surface area contributed by atoms with Crippen LogP contribution in [0.2, 0.25) is 0 Å². The van der Waals surface area contributed by atoms with E-state index < -0.39 is 10.0 Å². The van der Waals surface area contributed by atoms with E-state index >= 15 is 0 Å². The number of aliphatic hydroxyl groups excluding tert-OH is 1. The smallest absolute Gasteiger partial charge is 0.262 e. The molecule has 0 amide bonds. The summed E-state index contributed by atoms with van der Waals surface area (Å²) < 4.78 is 46.0. The van der Waals surface area contributed by atoms with Crippen molar-refractivity contribution in [3.05, 3.63) is 65.9 Å². The van der Waals surface area contributed by atoms with E-state index in [1.807, 2.05) is 0 Å². The van der Waals surface area contributed by atoms with Gasteiger partial charge >= 0.3 is 0 Å². The molecule has 0 bridgehead atoms. The zero-order chi connectivity index (χ0) is 24.9. The van der Waals surface area contributed by atoms with Gasteiger partial charge in [-0.1, -0.05) is 45.0 Å². The largest absolute Gasteiger partial charge is 0.493 e. The molecular formula is C25H30N2O6S. The molecule has 0 radical (unpaired) electrons. The summed E-state index contributed by atoms with van der Waals surface area (Å²) in [7, 11) is -2.45. The maximum absolute atomic E-state index is 13.2. The Morgan fingerprint density at radius 1 is 1.03 bits per heavy atom. The summed E-state index contributed by atoms with van der Waals surface area (Å²) in [6.45, 7) is 7.59. The van der Waals surface area contributed by atoms with Crippen LogP contribution in [0.4, 0.5) is 5.69 Å². The summed E-state index contributed by atoms with van der Waals surface area (Å²) in [5.74, 6) is 0.890. The van der Waals surface area contributed by atoms with E-state index in [9.17, 15) is 13.5 Å². The molecule has 1 heterocycles. The zero-order valence-corrected chi connectivity index (χ0v) is 20.8. The van der Waals surface area contributed by atoms with Crippen molar-refractivity contribution in [2.45, 2.75) is 38.0 Å². The molecule has 0 aliphatic heterocycles. The van der Waals surface area contributed by atoms with Gasteiger partial charge in [0.05, 0.1) is 24.3 Å². The number of ether oxygens (including phenoxy) is 3. The molecule has 0 fully saturated rings. The van der Waals surface area contributed by atoms with Gasteiger partial charge < -0.3 is 19.3 Å². The van der Waals surface area contributed by atoms with Crippen molar-refractivity contribution in [3.8, 4) is 23.1 Å². The first-order chi connectivity index (χ1) is 16.0. The number of methoxy groups -OCH3 is 1. The van der Waals surface area contributed by atoms with Gasteiger partial charge in [-0.2, -0.15) is 0 Å². The van der Waals surface area contributed by atoms with Crippen molar-refractivity contribution >= 4 is 15.7 Å². The number of aryl methyl sites for hydroxylation is 1. The number of benzene rings is 2. The number of aromatic nitrogens is 1. The first kappa shape index (κ1) is 25.3. The Hall–Kier alpha value is -3.30. The van der Waals surface area contributed by atoms with Crippen LogP contribution in [0, 0.1) is 6.92 Å². The molecule has 0 aliphatic rings. The highest BCUT2D eigenvalue weighted by Gasteiger charge is 2.23. The topological polar surface area (TPSA) is 107 Å². The second-order valence-corrected chi connectivity index (χ2v) is 10.3. The molecule has 9 heteroatoms. The Morgan fingerprint density at radius 3 is 2.26 bits per heavy atom. The average Bonchev–Trinajstić information content (AvgIpc) is 2.79. The van der Waals surface area contributed by atoms with Gasteiger partial charge in [0.15, 0.2) is 11.5 Å². The molecule has 3 aromatic rings. The SMILES string of the molecule is COc1ccccc1Oc1c(NS(=O)(=O)c2ccc(C(C)(C)C)cc2)cc(C)nc1OCCO. The van der Waals surface area contributed by atoms with Crippen molar-refractivity contribution in [3.63, 3.8) is 0 Å². The lowest BCUT2D eigenvalue weighted by molar-refractivity contribution is 0.192. The van der Waals surface area contributed by atoms with Crippen LogP contribution >= 0.6 is 0 Å². The number of nitrogens with zero attached hydrogens (tertiary/aromatic N) is 1. The molecule has 0 spiro atoms. The maximum atomic E-state index is 13.2. The Balaban J connectivity index is 2.05. The van der Waals surface area contributed by atoms with Crippen LogP contribution in [-0.2, 0) is 15.4 Å². The molecular weight excluding hydrogens is 456 g/mol. The molecule has 3 rings (SSSR count). The fraction of sp³-hybridized carbons (Fsp3) is 0.320. The summed E-state index contributed by atoms with van der Waals surface area (Å²) in [5.41, 5.74) is 1.56. The quantitative estimate of drug-likeness (QED) is 0.453. The van der Waals surface area contributed by atoms with Crippen LogP contribution < -0.4 is 18.9 Å². The van der Waals surface area contributed by atoms with E-state index in [2.05, 4.69) is 30.5 Å². The molecule has 0 saturated carbocycles. The van der Waals surface area contributed by atoms with Gasteiger partial charge in [0.1, 0.15) is 6.61 Å². The summed E-state index contributed by atoms with van der Waals surface area (Å²) in [6.07, 6.45) is 0. The van der Waals surface area contributed by atoms with Gasteiger partial charge in [0.25, 0.3) is 15.9 Å². The highest BCUT2D eigenvalue weighted by Crippen LogP contribution is 2.41. The Kier molecular flexibility index (Phi) is 7.68. The zero-order valence-electron chi connectivity index (χ0n) is 20.0. The van der Waals surface area contributed by atoms with Crippen LogP contribution in [0.15, 0.2) is 59.5 Å². The van der Waals surface area contributed by atoms with Crippen molar-refractivity contribution in [2.24, 2.45) is 0 Å². The van der Waals surface area contributed by atoms with Crippen molar-refractivity contribution < 1.29 is 27.7 Å². The predicted octanol–water partition coefficient (Wildman–Crippen LogP) is 4.66. The molecule has 1 aromatic heterocycles. The highest BCUT2D eigenvalue weighted by atomic mass is 32.2. The highest BCUT2D eigenvalue weighted by molar-refractivity contribution is 7.92. The van der Waals surface area contributed by atoms with Gasteiger partial charge in [-0.05, 0) is 48.2 Å². The van der Waals surface area contributed by atoms with E-state index in [1.54, 1.807) is 61.5 Å². The molecule has 182 valence electrons. The third-order valence-corrected chi connectivity index (χ3v) is 6.34. The third kappa shape index (κ3) is 5.98. The summed E-state index contributed by atoms with van der Waals surface area (Å²) in [5, 5.41) is 9.22. The first-order valence-corrected chi connectivity index (χ1v) is 12.2. The number of hydrogen-bond donors (Lipinski definition) is 2. The minimum Gasteiger partial charge on any atom is -0.493 e. The fourth-order valence-corrected chi connectivity index (χ4v) is 4.25. The van der Waals surface area contributed by atoms with Gasteiger partial charge in [0.2, 0.25) is 5.75 Å². The number of rotatable bonds is 9. The molecule has 2 N–H and O–H groups in total. The summed E-state index contributed by atoms with van der Waals surface area (Å²) in [4.78, 5) is 4.44. The van der Waals surface area contributed by atoms with Gasteiger partial charge in [-0.15, -0.1) is 0 Å². The van der Waals surface area contributed by atoms with Crippen molar-refractivity contribution in [2.75, 3.05) is 25.0 Å². The lowest BCUT2D eigenvalue weighted by Crippen LogP contribution is -2.16. The number of nitrogens with one attached hydrogen (secondary N) is 1. The van der Waals surface area contributed by atoms with Crippen LogP contribution in [0.1, 0.15) is 32.0 Å². The lowest BCUT2D eigenvalue weighted by atomic mass is 9.87. The van der Waals surface area contributed by atoms with Crippen LogP contribution in [-0.4, -0.2) is 38.8 Å². The molecule has 0 saturated heterocycles. The van der Waals surface area contributed by atoms with E-state index in [0.717, 1.165) is 5.56 Å². The minimum atomic E-state index is -3.95. The van der Waals surface area contributed by atoms with Crippen LogP contribution in [0.25, 0.3) is 0 Å². The normalized spacial score (nSPS) is 11.7. The summed E-state index contributed by atoms with van der Waals surface area (Å²) >= 11 is 0. The Morgan fingerprint density at radius 2 is 1.68 bits per heavy atom. The molecule has 34 heavy (non-hydrogen) atoms. The van der Waals surface area contributed by atoms with E-state index in [4.69, 9.17) is 14.2 Å². The monoisotopic (exact) mass is 486 g/mol. The first-order valence-electron chi connectivity index (χ1n) is 10.7. The fourth-order valence-electron chi connectivity index (χ4n) is 3.20. The summed E-state index contributed by atoms with van der Waals surface area (Å²) in [6, 6.07) is 15.2. The maximum Gasteiger partial charge on any atom is 0.262 e. The van der Waals surface area contributed by atoms with E-state index in [1.165, 1.54) is 7.11 Å². The second kappa shape index (κ2) is 10.3. The molecule has 0 unspecified atom stereocenters. The van der Waals surface area contributed by atoms with Gasteiger partial charge in [-0.25, -0.2) is 13.4 Å². The van der Waals surface area contributed by atoms with Crippen molar-refractivity contribution in [1.82, 2.24) is 4.98 Å². The van der Waals surface area contributed by atoms with Gasteiger partial charge in [-0.3, -0.25) is 4.72 Å². The molecule has 0 aliphatic carbocycles. The number of para-hydroxylation sites is 2. The second-order valence-electron chi connectivity index (χ2n) is 8.65. The van der Waals surface area contributed by atoms with Crippen molar-refractivity contribution in [1.29, 1.82) is 0 Å². The standard InChI is InChI=1S/C25H30N2O6S/c1-17-16-20(27-34(29,30)19-12-10-18(11-13-19)25(2,3)4)23(24(26-17)32-15-14-28)33-22-9-7-6-8-21(22)31-5/h6-13,16,28H,14-15H2,1-5H3,(H,26,27). The molecule has 0 atom stereocenters. The number of anilines is 1. The van der Waals surface area contributed by atoms with Crippen LogP contribution in [0.5, 0.6) is 23.1 Å². The minimum absolute atomic E-state index is 0.0423. The van der Waals surface area contributed by atoms with Crippen LogP contribution in [0.3, 0.4) is 0 Å². The Bertz CT molecular complexity index is 1240. The predicted molar refractivity (Wildman–Crippen MR) is 131 cm³/mol. The van der Waals surface area contributed by atoms with E-state index in [0.29, 0.717) is 17.2 Å². The molecule has 8 nitrogen and oxygen atoms in total.